The molecular weight excluding hydrogens is 536 g/mol. The first kappa shape index (κ1) is 26.0. The van der Waals surface area contributed by atoms with Crippen LogP contribution in [-0.2, 0) is 0 Å². The molecule has 0 atom stereocenters. The molecule has 6 nitrogen and oxygen atoms in total. The molecule has 0 bridgehead atoms. The van der Waals surface area contributed by atoms with Crippen molar-refractivity contribution < 1.29 is 19.1 Å². The Kier molecular flexibility index (Phi) is 6.77. The summed E-state index contributed by atoms with van der Waals surface area (Å²) in [6, 6.07) is 30.7. The monoisotopic (exact) mass is 560 g/mol. The van der Waals surface area contributed by atoms with Gasteiger partial charge in [-0.05, 0) is 82.2 Å². The highest BCUT2D eigenvalue weighted by Crippen LogP contribution is 2.50. The quantitative estimate of drug-likeness (QED) is 0.152. The lowest BCUT2D eigenvalue weighted by molar-refractivity contribution is 0.103. The fourth-order valence-corrected chi connectivity index (χ4v) is 5.42. The van der Waals surface area contributed by atoms with Gasteiger partial charge in [0.15, 0.2) is 0 Å². The van der Waals surface area contributed by atoms with E-state index in [-0.39, 0.29) is 18.4 Å². The third-order valence-electron chi connectivity index (χ3n) is 7.38. The summed E-state index contributed by atoms with van der Waals surface area (Å²) in [5.74, 6) is 0.809. The lowest BCUT2D eigenvalue weighted by Crippen LogP contribution is -2.05. The molecule has 0 unspecified atom stereocenters. The van der Waals surface area contributed by atoms with Gasteiger partial charge in [-0.25, -0.2) is 0 Å². The van der Waals surface area contributed by atoms with E-state index in [1.807, 2.05) is 48.5 Å². The Labute approximate surface area is 247 Å². The minimum absolute atomic E-state index is 0.0548. The van der Waals surface area contributed by atoms with Crippen molar-refractivity contribution in [2.24, 2.45) is 0 Å². The fraction of sp³-hybridized carbons (Fsp3) is 0.0270. The normalized spacial score (nSPS) is 12.5. The topological polar surface area (TPSA) is 78.4 Å². The van der Waals surface area contributed by atoms with Gasteiger partial charge in [-0.2, -0.15) is 0 Å². The first-order valence-electron chi connectivity index (χ1n) is 13.8. The van der Waals surface area contributed by atoms with E-state index in [2.05, 4.69) is 22.1 Å². The second-order valence-electron chi connectivity index (χ2n) is 10.0. The van der Waals surface area contributed by atoms with Crippen molar-refractivity contribution >= 4 is 45.3 Å². The number of pyridine rings is 2. The molecule has 0 radical (unpaired) electrons. The van der Waals surface area contributed by atoms with Gasteiger partial charge in [0.25, 0.3) is 0 Å². The van der Waals surface area contributed by atoms with Crippen LogP contribution in [0.4, 0.5) is 0 Å². The molecule has 206 valence electrons. The first-order chi connectivity index (χ1) is 21.2. The summed E-state index contributed by atoms with van der Waals surface area (Å²) in [6.45, 7) is -0.0548. The van der Waals surface area contributed by atoms with Crippen molar-refractivity contribution in [3.63, 3.8) is 0 Å². The Bertz CT molecular complexity index is 1930. The van der Waals surface area contributed by atoms with Crippen molar-refractivity contribution in [3.8, 4) is 22.6 Å². The summed E-state index contributed by atoms with van der Waals surface area (Å²) in [6.07, 6.45) is 9.77. The van der Waals surface area contributed by atoms with Gasteiger partial charge in [-0.1, -0.05) is 60.7 Å². The predicted molar refractivity (Wildman–Crippen MR) is 168 cm³/mol. The lowest BCUT2D eigenvalue weighted by atomic mass is 9.88. The van der Waals surface area contributed by atoms with Gasteiger partial charge >= 0.3 is 0 Å². The van der Waals surface area contributed by atoms with Crippen LogP contribution in [0, 0.1) is 0 Å². The molecule has 0 saturated heterocycles. The largest absolute Gasteiger partial charge is 0.456 e. The maximum atomic E-state index is 12.9. The summed E-state index contributed by atoms with van der Waals surface area (Å²) in [4.78, 5) is 34.2. The molecule has 0 amide bonds. The number of rotatable bonds is 6. The van der Waals surface area contributed by atoms with Crippen molar-refractivity contribution in [3.05, 3.63) is 144 Å². The van der Waals surface area contributed by atoms with E-state index in [4.69, 9.17) is 9.47 Å². The molecule has 43 heavy (non-hydrogen) atoms. The van der Waals surface area contributed by atoms with Crippen LogP contribution in [0.15, 0.2) is 122 Å². The van der Waals surface area contributed by atoms with Crippen LogP contribution in [0.5, 0.6) is 11.5 Å². The zero-order valence-corrected chi connectivity index (χ0v) is 22.9. The number of ketones is 2. The Morgan fingerprint density at radius 1 is 0.581 bits per heavy atom. The zero-order chi connectivity index (χ0) is 29.2. The Hall–Kier alpha value is -5.88. The van der Waals surface area contributed by atoms with Crippen LogP contribution in [0.25, 0.3) is 44.8 Å². The molecule has 0 spiro atoms. The smallest absolute Gasteiger partial charge is 0.231 e. The van der Waals surface area contributed by atoms with Gasteiger partial charge in [-0.3, -0.25) is 19.6 Å². The molecule has 2 aromatic heterocycles. The number of carbonyl (C=O) groups is 2. The molecule has 0 N–H and O–H groups in total. The molecule has 6 aromatic rings. The van der Waals surface area contributed by atoms with Gasteiger partial charge in [0.05, 0.1) is 0 Å². The second-order valence-corrected chi connectivity index (χ2v) is 10.0. The average Bonchev–Trinajstić information content (AvgIpc) is 3.28. The maximum absolute atomic E-state index is 12.9. The van der Waals surface area contributed by atoms with Crippen LogP contribution in [0.1, 0.15) is 32.1 Å². The van der Waals surface area contributed by atoms with E-state index in [1.165, 1.54) is 12.2 Å². The minimum Gasteiger partial charge on any atom is -0.456 e. The van der Waals surface area contributed by atoms with E-state index < -0.39 is 0 Å². The van der Waals surface area contributed by atoms with E-state index in [0.717, 1.165) is 43.8 Å². The summed E-state index contributed by atoms with van der Waals surface area (Å²) >= 11 is 0. The molecule has 6 heteroatoms. The highest BCUT2D eigenvalue weighted by Gasteiger charge is 2.26. The molecule has 7 rings (SSSR count). The van der Waals surface area contributed by atoms with Crippen molar-refractivity contribution in [2.45, 2.75) is 0 Å². The fourth-order valence-electron chi connectivity index (χ4n) is 5.42. The number of nitrogens with zero attached hydrogens (tertiary/aromatic N) is 2. The Balaban J connectivity index is 1.44. The van der Waals surface area contributed by atoms with E-state index in [0.29, 0.717) is 22.9 Å². The molecule has 4 aromatic carbocycles. The van der Waals surface area contributed by atoms with Gasteiger partial charge in [0.1, 0.15) is 22.9 Å². The van der Waals surface area contributed by atoms with Crippen LogP contribution in [0.2, 0.25) is 0 Å². The maximum Gasteiger partial charge on any atom is 0.231 e. The average molecular weight is 561 g/mol. The van der Waals surface area contributed by atoms with E-state index >= 15 is 0 Å². The van der Waals surface area contributed by atoms with Crippen LogP contribution in [0.3, 0.4) is 0 Å². The molecule has 0 fully saturated rings. The standard InChI is InChI=1S/C37H24N2O4/c40-32(30-13-5-7-19-38-30)17-15-26-21-24-9-1-3-11-28(24)34-35-29-12-4-2-10-25(29)22-27(37(35)43-23-42-36(26)34)16-18-33(41)31-14-6-8-20-39-31/h1-22H,23H2/b17-15-,18-16-. The summed E-state index contributed by atoms with van der Waals surface area (Å²) in [5, 5.41) is 3.93. The van der Waals surface area contributed by atoms with E-state index in [9.17, 15) is 9.59 Å². The van der Waals surface area contributed by atoms with Crippen molar-refractivity contribution in [2.75, 3.05) is 6.79 Å². The Morgan fingerprint density at radius 2 is 1.02 bits per heavy atom. The van der Waals surface area contributed by atoms with Gasteiger partial charge in [-0.15, -0.1) is 0 Å². The molecule has 0 aliphatic carbocycles. The highest BCUT2D eigenvalue weighted by molar-refractivity contribution is 6.14. The summed E-state index contributed by atoms with van der Waals surface area (Å²) in [5.41, 5.74) is 3.93. The van der Waals surface area contributed by atoms with Crippen LogP contribution < -0.4 is 9.47 Å². The number of allylic oxidation sites excluding steroid dienone is 2. The number of carbonyl (C=O) groups excluding carboxylic acids is 2. The number of ether oxygens (including phenoxy) is 2. The third kappa shape index (κ3) is 4.96. The molecular formula is C37H24N2O4. The van der Waals surface area contributed by atoms with Crippen molar-refractivity contribution in [1.82, 2.24) is 9.97 Å². The Morgan fingerprint density at radius 3 is 1.47 bits per heavy atom. The van der Waals surface area contributed by atoms with Crippen LogP contribution in [-0.4, -0.2) is 28.3 Å². The predicted octanol–water partition coefficient (Wildman–Crippen LogP) is 7.97. The number of fused-ring (bicyclic) bond motifs is 7. The van der Waals surface area contributed by atoms with Crippen molar-refractivity contribution in [1.29, 1.82) is 0 Å². The number of aromatic nitrogens is 2. The van der Waals surface area contributed by atoms with E-state index in [1.54, 1.807) is 60.9 Å². The van der Waals surface area contributed by atoms with Gasteiger partial charge in [0.2, 0.25) is 18.4 Å². The number of benzene rings is 4. The SMILES string of the molecule is O=C(/C=C\c1cc2ccccc2c2c1OCOc1c(/C=C\C(=O)c3ccccn3)cc3ccccc3c1-2)c1ccccn1. The van der Waals surface area contributed by atoms with Gasteiger partial charge < -0.3 is 9.47 Å². The minimum atomic E-state index is -0.205. The molecule has 1 aliphatic heterocycles. The lowest BCUT2D eigenvalue weighted by Gasteiger charge is -2.17. The molecule has 1 aliphatic rings. The highest BCUT2D eigenvalue weighted by atomic mass is 16.7. The van der Waals surface area contributed by atoms with Crippen LogP contribution >= 0.6 is 0 Å². The second kappa shape index (κ2) is 11.2. The summed E-state index contributed by atoms with van der Waals surface area (Å²) < 4.78 is 12.6. The molecule has 3 heterocycles. The third-order valence-corrected chi connectivity index (χ3v) is 7.38. The van der Waals surface area contributed by atoms with Gasteiger partial charge in [0, 0.05) is 34.6 Å². The summed E-state index contributed by atoms with van der Waals surface area (Å²) in [7, 11) is 0. The zero-order valence-electron chi connectivity index (χ0n) is 22.9. The number of hydrogen-bond donors (Lipinski definition) is 0. The molecule has 0 saturated carbocycles. The first-order valence-corrected chi connectivity index (χ1v) is 13.8. The number of hydrogen-bond acceptors (Lipinski definition) is 6.